The van der Waals surface area contributed by atoms with Crippen LogP contribution in [0.1, 0.15) is 30.9 Å². The number of methoxy groups -OCH3 is 1. The number of hydrazine groups is 1. The Hall–Kier alpha value is -3.79. The molecule has 3 aliphatic rings. The molecule has 3 heterocycles. The summed E-state index contributed by atoms with van der Waals surface area (Å²) in [5, 5.41) is 9.46. The number of carbonyl (C=O) groups excluding carboxylic acids is 1. The Kier molecular flexibility index (Phi) is 6.71. The Labute approximate surface area is 203 Å². The average molecular weight is 481 g/mol. The van der Waals surface area contributed by atoms with Gasteiger partial charge in [-0.3, -0.25) is 10.2 Å². The maximum Gasteiger partial charge on any atom is 0.220 e. The quantitative estimate of drug-likeness (QED) is 0.475. The van der Waals surface area contributed by atoms with Crippen molar-refractivity contribution in [2.75, 3.05) is 20.3 Å². The maximum absolute atomic E-state index is 13.3. The van der Waals surface area contributed by atoms with E-state index in [4.69, 9.17) is 9.47 Å². The van der Waals surface area contributed by atoms with Crippen LogP contribution in [0.25, 0.3) is 0 Å². The zero-order chi connectivity index (χ0) is 24.2. The molecule has 3 aliphatic heterocycles. The van der Waals surface area contributed by atoms with Gasteiger partial charge in [-0.1, -0.05) is 24.3 Å². The van der Waals surface area contributed by atoms with Crippen LogP contribution in [-0.4, -0.2) is 54.1 Å². The Balaban J connectivity index is 1.07. The standard InChI is InChI=1S/C25H29FN6O3/c1-34-21-4-2-3-5-22(21)35-15-12-27-24(33)11-10-23-28-29-25-20-16-19(17-6-8-18(26)9-7-17)30-32(20)14-13-31(23)25/h2-9,13-14,19-20,25,29-30H,10-12,15-16H2,1H3,(H,27,33). The van der Waals surface area contributed by atoms with E-state index in [9.17, 15) is 9.18 Å². The van der Waals surface area contributed by atoms with Crippen molar-refractivity contribution in [3.8, 4) is 11.5 Å². The maximum atomic E-state index is 13.3. The van der Waals surface area contributed by atoms with Crippen molar-refractivity contribution >= 4 is 11.7 Å². The molecule has 3 unspecified atom stereocenters. The Bertz CT molecular complexity index is 1110. The first kappa shape index (κ1) is 23.0. The molecule has 35 heavy (non-hydrogen) atoms. The number of para-hydroxylation sites is 2. The summed E-state index contributed by atoms with van der Waals surface area (Å²) in [4.78, 5) is 14.4. The van der Waals surface area contributed by atoms with E-state index >= 15 is 0 Å². The molecular formula is C25H29FN6O3. The molecule has 2 aromatic rings. The summed E-state index contributed by atoms with van der Waals surface area (Å²) >= 11 is 0. The summed E-state index contributed by atoms with van der Waals surface area (Å²) in [7, 11) is 1.59. The van der Waals surface area contributed by atoms with E-state index < -0.39 is 0 Å². The number of fused-ring (bicyclic) bond motifs is 3. The molecule has 5 rings (SSSR count). The second-order valence-electron chi connectivity index (χ2n) is 8.60. The fourth-order valence-corrected chi connectivity index (χ4v) is 4.63. The van der Waals surface area contributed by atoms with Gasteiger partial charge in [-0.2, -0.15) is 5.10 Å². The molecule has 0 saturated carbocycles. The van der Waals surface area contributed by atoms with E-state index in [1.54, 1.807) is 7.11 Å². The topological polar surface area (TPSA) is 90.5 Å². The van der Waals surface area contributed by atoms with E-state index in [2.05, 4.69) is 31.2 Å². The molecule has 9 nitrogen and oxygen atoms in total. The van der Waals surface area contributed by atoms with Crippen LogP contribution in [0.3, 0.4) is 0 Å². The molecule has 184 valence electrons. The van der Waals surface area contributed by atoms with Gasteiger partial charge in [0.15, 0.2) is 11.5 Å². The summed E-state index contributed by atoms with van der Waals surface area (Å²) in [5.41, 5.74) is 7.75. The highest BCUT2D eigenvalue weighted by atomic mass is 19.1. The van der Waals surface area contributed by atoms with Gasteiger partial charge in [0, 0.05) is 25.2 Å². The molecule has 0 bridgehead atoms. The predicted octanol–water partition coefficient (Wildman–Crippen LogP) is 2.46. The van der Waals surface area contributed by atoms with Gasteiger partial charge in [-0.15, -0.1) is 0 Å². The summed E-state index contributed by atoms with van der Waals surface area (Å²) in [6, 6.07) is 14.3. The third-order valence-corrected chi connectivity index (χ3v) is 6.41. The number of hydrazone groups is 1. The second-order valence-corrected chi connectivity index (χ2v) is 8.60. The SMILES string of the molecule is COc1ccccc1OCCNC(=O)CCC1=NNC2C3CC(c4ccc(F)cc4)NN3C=CN12. The Morgan fingerprint density at radius 2 is 1.97 bits per heavy atom. The highest BCUT2D eigenvalue weighted by molar-refractivity contribution is 5.89. The van der Waals surface area contributed by atoms with Crippen molar-refractivity contribution in [2.24, 2.45) is 5.10 Å². The van der Waals surface area contributed by atoms with Crippen molar-refractivity contribution in [3.05, 3.63) is 72.3 Å². The number of hydrogen-bond donors (Lipinski definition) is 3. The van der Waals surface area contributed by atoms with Gasteiger partial charge in [0.2, 0.25) is 5.91 Å². The lowest BCUT2D eigenvalue weighted by molar-refractivity contribution is -0.121. The van der Waals surface area contributed by atoms with Crippen molar-refractivity contribution in [2.45, 2.75) is 37.5 Å². The van der Waals surface area contributed by atoms with Gasteiger partial charge < -0.3 is 24.7 Å². The summed E-state index contributed by atoms with van der Waals surface area (Å²) in [6.07, 6.45) is 5.64. The number of carbonyl (C=O) groups is 1. The molecular weight excluding hydrogens is 451 g/mol. The third kappa shape index (κ3) is 5.02. The third-order valence-electron chi connectivity index (χ3n) is 6.41. The first-order valence-electron chi connectivity index (χ1n) is 11.7. The molecule has 1 amide bonds. The fourth-order valence-electron chi connectivity index (χ4n) is 4.63. The lowest BCUT2D eigenvalue weighted by Crippen LogP contribution is -2.54. The number of nitrogens with zero attached hydrogens (tertiary/aromatic N) is 3. The number of ether oxygens (including phenoxy) is 2. The van der Waals surface area contributed by atoms with Crippen LogP contribution in [0.5, 0.6) is 11.5 Å². The summed E-state index contributed by atoms with van der Waals surface area (Å²) < 4.78 is 24.2. The van der Waals surface area contributed by atoms with Crippen LogP contribution in [0.2, 0.25) is 0 Å². The molecule has 0 aromatic heterocycles. The second kappa shape index (κ2) is 10.2. The van der Waals surface area contributed by atoms with Gasteiger partial charge in [0.05, 0.1) is 25.7 Å². The van der Waals surface area contributed by atoms with E-state index in [0.717, 1.165) is 17.8 Å². The van der Waals surface area contributed by atoms with Crippen LogP contribution in [0.15, 0.2) is 66.0 Å². The van der Waals surface area contributed by atoms with E-state index in [-0.39, 0.29) is 30.0 Å². The Morgan fingerprint density at radius 3 is 2.77 bits per heavy atom. The smallest absolute Gasteiger partial charge is 0.220 e. The average Bonchev–Trinajstić information content (AvgIpc) is 3.50. The number of rotatable bonds is 9. The molecule has 0 spiro atoms. The number of nitrogens with one attached hydrogen (secondary N) is 3. The zero-order valence-corrected chi connectivity index (χ0v) is 19.5. The van der Waals surface area contributed by atoms with E-state index in [1.807, 2.05) is 48.8 Å². The zero-order valence-electron chi connectivity index (χ0n) is 19.5. The Morgan fingerprint density at radius 1 is 1.17 bits per heavy atom. The van der Waals surface area contributed by atoms with Crippen molar-refractivity contribution in [3.63, 3.8) is 0 Å². The van der Waals surface area contributed by atoms with Gasteiger partial charge in [-0.05, 0) is 36.2 Å². The minimum Gasteiger partial charge on any atom is -0.493 e. The largest absolute Gasteiger partial charge is 0.493 e. The lowest BCUT2D eigenvalue weighted by atomic mass is 9.99. The molecule has 3 atom stereocenters. The number of hydrogen-bond acceptors (Lipinski definition) is 8. The molecule has 10 heteroatoms. The monoisotopic (exact) mass is 480 g/mol. The van der Waals surface area contributed by atoms with E-state index in [0.29, 0.717) is 37.5 Å². The van der Waals surface area contributed by atoms with Crippen LogP contribution in [0, 0.1) is 5.82 Å². The molecule has 0 aliphatic carbocycles. The number of halogens is 1. The van der Waals surface area contributed by atoms with Crippen molar-refractivity contribution in [1.29, 1.82) is 0 Å². The molecule has 3 N–H and O–H groups in total. The first-order valence-corrected chi connectivity index (χ1v) is 11.7. The minimum absolute atomic E-state index is 0.0229. The molecule has 0 radical (unpaired) electrons. The van der Waals surface area contributed by atoms with Gasteiger partial charge in [-0.25, -0.2) is 9.82 Å². The first-order chi connectivity index (χ1) is 17.1. The van der Waals surface area contributed by atoms with Crippen LogP contribution in [-0.2, 0) is 4.79 Å². The number of benzene rings is 2. The van der Waals surface area contributed by atoms with Crippen LogP contribution in [0.4, 0.5) is 4.39 Å². The number of amidine groups is 1. The normalized spacial score (nSPS) is 22.2. The minimum atomic E-state index is -0.237. The summed E-state index contributed by atoms with van der Waals surface area (Å²) in [6.45, 7) is 0.757. The molecule has 2 aromatic carbocycles. The molecule has 1 saturated heterocycles. The highest BCUT2D eigenvalue weighted by Crippen LogP contribution is 2.34. The lowest BCUT2D eigenvalue weighted by Gasteiger charge is -2.37. The number of amides is 1. The van der Waals surface area contributed by atoms with Crippen molar-refractivity contribution in [1.82, 2.24) is 26.1 Å². The van der Waals surface area contributed by atoms with Gasteiger partial charge in [0.1, 0.15) is 24.4 Å². The van der Waals surface area contributed by atoms with Crippen LogP contribution >= 0.6 is 0 Å². The molecule has 1 fully saturated rings. The van der Waals surface area contributed by atoms with Gasteiger partial charge >= 0.3 is 0 Å². The van der Waals surface area contributed by atoms with Crippen molar-refractivity contribution < 1.29 is 18.7 Å². The van der Waals surface area contributed by atoms with Crippen LogP contribution < -0.4 is 25.6 Å². The predicted molar refractivity (Wildman–Crippen MR) is 129 cm³/mol. The highest BCUT2D eigenvalue weighted by Gasteiger charge is 2.44. The fraction of sp³-hybridized carbons (Fsp3) is 0.360. The summed E-state index contributed by atoms with van der Waals surface area (Å²) in [5.74, 6) is 1.85. The van der Waals surface area contributed by atoms with E-state index in [1.165, 1.54) is 12.1 Å². The van der Waals surface area contributed by atoms with Gasteiger partial charge in [0.25, 0.3) is 0 Å².